The van der Waals surface area contributed by atoms with Gasteiger partial charge >= 0.3 is 0 Å². The normalized spacial score (nSPS) is 13.7. The molecular weight excluding hydrogens is 408 g/mol. The van der Waals surface area contributed by atoms with Crippen LogP contribution in [0, 0.1) is 0 Å². The molecule has 0 unspecified atom stereocenters. The highest BCUT2D eigenvalue weighted by atomic mass is 16.5. The number of hydrogen-bond acceptors (Lipinski definition) is 3. The van der Waals surface area contributed by atoms with Gasteiger partial charge < -0.3 is 9.47 Å². The molecule has 0 radical (unpaired) electrons. The largest absolute Gasteiger partial charge is 0.497 e. The van der Waals surface area contributed by atoms with Gasteiger partial charge in [-0.15, -0.1) is 0 Å². The number of ether oxygens (including phenoxy) is 2. The predicted molar refractivity (Wildman–Crippen MR) is 130 cm³/mol. The maximum atomic E-state index is 13.5. The SMILES string of the molecule is COc1cc(CC2(Cc3ccccc3)c3ccccc3C(=O)c3ccccc32)cc(OC)c1. The van der Waals surface area contributed by atoms with Gasteiger partial charge in [0.2, 0.25) is 0 Å². The summed E-state index contributed by atoms with van der Waals surface area (Å²) in [6.45, 7) is 0. The smallest absolute Gasteiger partial charge is 0.193 e. The highest BCUT2D eigenvalue weighted by Crippen LogP contribution is 2.46. The zero-order valence-corrected chi connectivity index (χ0v) is 18.9. The quantitative estimate of drug-likeness (QED) is 0.372. The van der Waals surface area contributed by atoms with Crippen LogP contribution in [0.4, 0.5) is 0 Å². The van der Waals surface area contributed by atoms with E-state index in [1.807, 2.05) is 48.5 Å². The van der Waals surface area contributed by atoms with Crippen LogP contribution in [0.1, 0.15) is 38.2 Å². The molecule has 0 heterocycles. The van der Waals surface area contributed by atoms with E-state index in [0.29, 0.717) is 6.42 Å². The molecule has 3 heteroatoms. The van der Waals surface area contributed by atoms with Crippen molar-refractivity contribution in [2.75, 3.05) is 14.2 Å². The van der Waals surface area contributed by atoms with Gasteiger partial charge in [0.15, 0.2) is 5.78 Å². The van der Waals surface area contributed by atoms with Crippen LogP contribution in [0.15, 0.2) is 97.1 Å². The Morgan fingerprint density at radius 3 is 1.64 bits per heavy atom. The van der Waals surface area contributed by atoms with E-state index in [0.717, 1.165) is 45.7 Å². The van der Waals surface area contributed by atoms with Crippen LogP contribution >= 0.6 is 0 Å². The molecule has 4 aromatic rings. The molecule has 33 heavy (non-hydrogen) atoms. The van der Waals surface area contributed by atoms with Gasteiger partial charge in [0.05, 0.1) is 14.2 Å². The Labute approximate surface area is 194 Å². The van der Waals surface area contributed by atoms with E-state index in [1.165, 1.54) is 5.56 Å². The number of methoxy groups -OCH3 is 2. The second kappa shape index (κ2) is 8.59. The Bertz CT molecular complexity index is 1240. The van der Waals surface area contributed by atoms with Crippen molar-refractivity contribution in [1.29, 1.82) is 0 Å². The van der Waals surface area contributed by atoms with Crippen LogP contribution in [0.3, 0.4) is 0 Å². The molecule has 0 atom stereocenters. The molecule has 0 saturated heterocycles. The Morgan fingerprint density at radius 1 is 0.606 bits per heavy atom. The molecule has 0 bridgehead atoms. The minimum Gasteiger partial charge on any atom is -0.497 e. The minimum atomic E-state index is -0.417. The van der Waals surface area contributed by atoms with Crippen molar-refractivity contribution in [3.63, 3.8) is 0 Å². The van der Waals surface area contributed by atoms with E-state index < -0.39 is 5.41 Å². The zero-order chi connectivity index (χ0) is 22.8. The number of fused-ring (bicyclic) bond motifs is 2. The van der Waals surface area contributed by atoms with Gasteiger partial charge in [-0.2, -0.15) is 0 Å². The number of benzene rings is 4. The van der Waals surface area contributed by atoms with Gasteiger partial charge in [0.25, 0.3) is 0 Å². The average Bonchev–Trinajstić information content (AvgIpc) is 2.87. The molecule has 0 aromatic heterocycles. The Balaban J connectivity index is 1.77. The first-order chi connectivity index (χ1) is 16.1. The lowest BCUT2D eigenvalue weighted by Gasteiger charge is -2.41. The fourth-order valence-electron chi connectivity index (χ4n) is 5.19. The third-order valence-electron chi connectivity index (χ3n) is 6.64. The molecule has 5 rings (SSSR count). The highest BCUT2D eigenvalue weighted by Gasteiger charge is 2.43. The van der Waals surface area contributed by atoms with E-state index in [-0.39, 0.29) is 5.78 Å². The lowest BCUT2D eigenvalue weighted by molar-refractivity contribution is 0.102. The first kappa shape index (κ1) is 21.0. The fraction of sp³-hybridized carbons (Fsp3) is 0.167. The summed E-state index contributed by atoms with van der Waals surface area (Å²) in [5.41, 5.74) is 5.61. The summed E-state index contributed by atoms with van der Waals surface area (Å²) in [7, 11) is 3.34. The molecule has 3 nitrogen and oxygen atoms in total. The van der Waals surface area contributed by atoms with Crippen molar-refractivity contribution in [1.82, 2.24) is 0 Å². The van der Waals surface area contributed by atoms with Gasteiger partial charge in [-0.3, -0.25) is 4.79 Å². The van der Waals surface area contributed by atoms with Gasteiger partial charge in [0.1, 0.15) is 11.5 Å². The van der Waals surface area contributed by atoms with Crippen molar-refractivity contribution in [2.45, 2.75) is 18.3 Å². The van der Waals surface area contributed by atoms with Gasteiger partial charge in [0, 0.05) is 22.6 Å². The first-order valence-electron chi connectivity index (χ1n) is 11.1. The number of carbonyl (C=O) groups is 1. The minimum absolute atomic E-state index is 0.0908. The fourth-order valence-corrected chi connectivity index (χ4v) is 5.19. The molecule has 0 saturated carbocycles. The maximum Gasteiger partial charge on any atom is 0.193 e. The summed E-state index contributed by atoms with van der Waals surface area (Å²) in [5, 5.41) is 0. The summed E-state index contributed by atoms with van der Waals surface area (Å²) in [5.74, 6) is 1.61. The second-order valence-corrected chi connectivity index (χ2v) is 8.56. The second-order valence-electron chi connectivity index (χ2n) is 8.56. The summed E-state index contributed by atoms with van der Waals surface area (Å²) in [4.78, 5) is 13.5. The molecular formula is C30H26O3. The van der Waals surface area contributed by atoms with E-state index in [9.17, 15) is 4.79 Å². The van der Waals surface area contributed by atoms with Crippen LogP contribution in [0.5, 0.6) is 11.5 Å². The van der Waals surface area contributed by atoms with E-state index in [1.54, 1.807) is 14.2 Å². The molecule has 0 fully saturated rings. The van der Waals surface area contributed by atoms with Gasteiger partial charge in [-0.05, 0) is 47.2 Å². The lowest BCUT2D eigenvalue weighted by Crippen LogP contribution is -2.39. The monoisotopic (exact) mass is 434 g/mol. The topological polar surface area (TPSA) is 35.5 Å². The third kappa shape index (κ3) is 3.70. The highest BCUT2D eigenvalue weighted by molar-refractivity contribution is 6.13. The standard InChI is InChI=1S/C30H26O3/c1-32-23-16-22(17-24(18-23)33-2)20-30(19-21-10-4-3-5-11-21)27-14-8-6-12-25(27)29(31)26-13-7-9-15-28(26)30/h3-18H,19-20H2,1-2H3. The summed E-state index contributed by atoms with van der Waals surface area (Å²) in [6, 6.07) is 32.6. The van der Waals surface area contributed by atoms with Crippen molar-refractivity contribution in [2.24, 2.45) is 0 Å². The number of hydrogen-bond donors (Lipinski definition) is 0. The van der Waals surface area contributed by atoms with Crippen LogP contribution in [0.2, 0.25) is 0 Å². The Kier molecular flexibility index (Phi) is 5.47. The molecule has 0 aliphatic heterocycles. The van der Waals surface area contributed by atoms with Crippen LogP contribution in [-0.4, -0.2) is 20.0 Å². The number of carbonyl (C=O) groups excluding carboxylic acids is 1. The van der Waals surface area contributed by atoms with Crippen molar-refractivity contribution >= 4 is 5.78 Å². The molecule has 4 aromatic carbocycles. The van der Waals surface area contributed by atoms with Crippen LogP contribution in [0.25, 0.3) is 0 Å². The van der Waals surface area contributed by atoms with Crippen molar-refractivity contribution < 1.29 is 14.3 Å². The molecule has 164 valence electrons. The number of ketones is 1. The summed E-state index contributed by atoms with van der Waals surface area (Å²) in [6.07, 6.45) is 1.48. The molecule has 1 aliphatic rings. The Morgan fingerprint density at radius 2 is 1.09 bits per heavy atom. The zero-order valence-electron chi connectivity index (χ0n) is 18.9. The first-order valence-corrected chi connectivity index (χ1v) is 11.1. The Hall–Kier alpha value is -3.85. The molecule has 0 N–H and O–H groups in total. The summed E-state index contributed by atoms with van der Waals surface area (Å²) < 4.78 is 11.1. The third-order valence-corrected chi connectivity index (χ3v) is 6.64. The average molecular weight is 435 g/mol. The number of rotatable bonds is 6. The molecule has 0 spiro atoms. The van der Waals surface area contributed by atoms with E-state index >= 15 is 0 Å². The lowest BCUT2D eigenvalue weighted by atomic mass is 9.61. The molecule has 0 amide bonds. The van der Waals surface area contributed by atoms with Crippen LogP contribution < -0.4 is 9.47 Å². The van der Waals surface area contributed by atoms with Crippen molar-refractivity contribution in [3.8, 4) is 11.5 Å². The van der Waals surface area contributed by atoms with Gasteiger partial charge in [-0.25, -0.2) is 0 Å². The summed E-state index contributed by atoms with van der Waals surface area (Å²) >= 11 is 0. The molecule has 1 aliphatic carbocycles. The van der Waals surface area contributed by atoms with Gasteiger partial charge in [-0.1, -0.05) is 78.9 Å². The van der Waals surface area contributed by atoms with E-state index in [2.05, 4.69) is 48.5 Å². The van der Waals surface area contributed by atoms with E-state index in [4.69, 9.17) is 9.47 Å². The van der Waals surface area contributed by atoms with Crippen molar-refractivity contribution in [3.05, 3.63) is 130 Å². The maximum absolute atomic E-state index is 13.5. The predicted octanol–water partition coefficient (Wildman–Crippen LogP) is 6.02. The van der Waals surface area contributed by atoms with Crippen LogP contribution in [-0.2, 0) is 18.3 Å².